The zero-order chi connectivity index (χ0) is 22.4. The Hall–Kier alpha value is -3.61. The summed E-state index contributed by atoms with van der Waals surface area (Å²) >= 11 is 0. The number of carbonyl (C=O) groups is 2. The SMILES string of the molecule is N#C[C@@H]1CCC(F)(F)CN1C(=O)CNC(=O)c1ccncc1NCc1ccc(F)cc1. The Bertz CT molecular complexity index is 991. The minimum atomic E-state index is -3.06. The zero-order valence-electron chi connectivity index (χ0n) is 16.4. The number of benzene rings is 1. The minimum Gasteiger partial charge on any atom is -0.379 e. The molecule has 0 bridgehead atoms. The number of aromatic nitrogens is 1. The molecule has 162 valence electrons. The largest absolute Gasteiger partial charge is 0.379 e. The fraction of sp³-hybridized carbons (Fsp3) is 0.333. The minimum absolute atomic E-state index is 0.120. The molecule has 2 N–H and O–H groups in total. The van der Waals surface area contributed by atoms with Crippen LogP contribution in [0.25, 0.3) is 0 Å². The summed E-state index contributed by atoms with van der Waals surface area (Å²) in [6.45, 7) is -1.07. The second-order valence-corrected chi connectivity index (χ2v) is 7.15. The topological polar surface area (TPSA) is 98.1 Å². The summed E-state index contributed by atoms with van der Waals surface area (Å²) < 4.78 is 40.3. The van der Waals surface area contributed by atoms with Gasteiger partial charge in [0.15, 0.2) is 0 Å². The molecule has 0 spiro atoms. The monoisotopic (exact) mass is 431 g/mol. The van der Waals surface area contributed by atoms with Crippen LogP contribution in [0.1, 0.15) is 28.8 Å². The molecule has 2 amide bonds. The number of carbonyl (C=O) groups excluding carboxylic acids is 2. The fourth-order valence-electron chi connectivity index (χ4n) is 3.22. The first-order valence-electron chi connectivity index (χ1n) is 9.56. The number of alkyl halides is 2. The van der Waals surface area contributed by atoms with Crippen molar-refractivity contribution in [3.63, 3.8) is 0 Å². The smallest absolute Gasteiger partial charge is 0.265 e. The van der Waals surface area contributed by atoms with Gasteiger partial charge in [-0.1, -0.05) is 12.1 Å². The molecule has 1 aromatic carbocycles. The highest BCUT2D eigenvalue weighted by molar-refractivity contribution is 6.00. The van der Waals surface area contributed by atoms with Crippen LogP contribution in [0.15, 0.2) is 42.7 Å². The van der Waals surface area contributed by atoms with E-state index in [9.17, 15) is 22.8 Å². The third kappa shape index (κ3) is 5.72. The number of amides is 2. The Labute approximate surface area is 176 Å². The van der Waals surface area contributed by atoms with Gasteiger partial charge in [0.2, 0.25) is 5.91 Å². The summed E-state index contributed by atoms with van der Waals surface area (Å²) in [4.78, 5) is 29.7. The predicted molar refractivity (Wildman–Crippen MR) is 106 cm³/mol. The summed E-state index contributed by atoms with van der Waals surface area (Å²) in [5.74, 6) is -4.78. The number of nitrogens with one attached hydrogen (secondary N) is 2. The van der Waals surface area contributed by atoms with Crippen LogP contribution >= 0.6 is 0 Å². The van der Waals surface area contributed by atoms with Crippen molar-refractivity contribution >= 4 is 17.5 Å². The Morgan fingerprint density at radius 2 is 2.00 bits per heavy atom. The number of pyridine rings is 1. The van der Waals surface area contributed by atoms with Gasteiger partial charge in [0.05, 0.1) is 36.6 Å². The molecule has 1 aliphatic heterocycles. The van der Waals surface area contributed by atoms with Gasteiger partial charge >= 0.3 is 0 Å². The Balaban J connectivity index is 1.62. The molecule has 1 aliphatic rings. The molecule has 1 aromatic heterocycles. The van der Waals surface area contributed by atoms with Crippen LogP contribution in [-0.2, 0) is 11.3 Å². The van der Waals surface area contributed by atoms with Crippen LogP contribution in [0.5, 0.6) is 0 Å². The number of rotatable bonds is 6. The molecule has 1 atom stereocenters. The van der Waals surface area contributed by atoms with Gasteiger partial charge in [-0.3, -0.25) is 14.6 Å². The van der Waals surface area contributed by atoms with Crippen molar-refractivity contribution in [1.82, 2.24) is 15.2 Å². The van der Waals surface area contributed by atoms with E-state index in [4.69, 9.17) is 5.26 Å². The lowest BCUT2D eigenvalue weighted by Crippen LogP contribution is -2.53. The third-order valence-electron chi connectivity index (χ3n) is 4.89. The normalized spacial score (nSPS) is 17.5. The van der Waals surface area contributed by atoms with E-state index in [2.05, 4.69) is 15.6 Å². The first-order chi connectivity index (χ1) is 14.8. The van der Waals surface area contributed by atoms with Gasteiger partial charge in [-0.2, -0.15) is 5.26 Å². The molecule has 31 heavy (non-hydrogen) atoms. The standard InChI is InChI=1S/C21H20F3N5O2/c22-15-3-1-14(2-4-15)10-27-18-11-26-8-6-17(18)20(31)28-12-19(30)29-13-21(23,24)7-5-16(29)9-25/h1-4,6,8,11,16,27H,5,7,10,12-13H2,(H,28,31)/t16-/m0/s1. The number of piperidine rings is 1. The van der Waals surface area contributed by atoms with Crippen molar-refractivity contribution in [1.29, 1.82) is 5.26 Å². The number of likely N-dealkylation sites (tertiary alicyclic amines) is 1. The average molecular weight is 431 g/mol. The van der Waals surface area contributed by atoms with Gasteiger partial charge in [-0.15, -0.1) is 0 Å². The van der Waals surface area contributed by atoms with Crippen LogP contribution in [0.2, 0.25) is 0 Å². The average Bonchev–Trinajstić information content (AvgIpc) is 2.76. The maximum absolute atomic E-state index is 13.7. The summed E-state index contributed by atoms with van der Waals surface area (Å²) in [5, 5.41) is 14.6. The van der Waals surface area contributed by atoms with Crippen LogP contribution in [-0.4, -0.2) is 46.8 Å². The third-order valence-corrected chi connectivity index (χ3v) is 4.89. The molecule has 0 radical (unpaired) electrons. The first-order valence-corrected chi connectivity index (χ1v) is 9.56. The summed E-state index contributed by atoms with van der Waals surface area (Å²) in [5.41, 5.74) is 1.36. The number of halogens is 3. The molecule has 2 heterocycles. The van der Waals surface area contributed by atoms with E-state index in [1.54, 1.807) is 12.1 Å². The van der Waals surface area contributed by atoms with E-state index in [-0.39, 0.29) is 17.8 Å². The summed E-state index contributed by atoms with van der Waals surface area (Å²) in [6.07, 6.45) is 2.25. The quantitative estimate of drug-likeness (QED) is 0.733. The van der Waals surface area contributed by atoms with E-state index in [1.165, 1.54) is 30.6 Å². The van der Waals surface area contributed by atoms with Crippen molar-refractivity contribution in [2.75, 3.05) is 18.4 Å². The molecule has 3 rings (SSSR count). The lowest BCUT2D eigenvalue weighted by Gasteiger charge is -2.36. The maximum atomic E-state index is 13.7. The van der Waals surface area contributed by atoms with Gasteiger partial charge in [-0.25, -0.2) is 13.2 Å². The molecule has 0 saturated carbocycles. The van der Waals surface area contributed by atoms with Gasteiger partial charge in [0.25, 0.3) is 11.8 Å². The Morgan fingerprint density at radius 3 is 2.71 bits per heavy atom. The number of nitriles is 1. The molecule has 1 saturated heterocycles. The van der Waals surface area contributed by atoms with E-state index in [0.29, 0.717) is 12.2 Å². The summed E-state index contributed by atoms with van der Waals surface area (Å²) in [7, 11) is 0. The first kappa shape index (κ1) is 22.1. The van der Waals surface area contributed by atoms with E-state index in [0.717, 1.165) is 10.5 Å². The molecule has 7 nitrogen and oxygen atoms in total. The van der Waals surface area contributed by atoms with Gasteiger partial charge in [0.1, 0.15) is 11.9 Å². The Morgan fingerprint density at radius 1 is 1.26 bits per heavy atom. The zero-order valence-corrected chi connectivity index (χ0v) is 16.4. The molecule has 0 unspecified atom stereocenters. The molecule has 0 aliphatic carbocycles. The maximum Gasteiger partial charge on any atom is 0.265 e. The summed E-state index contributed by atoms with van der Waals surface area (Å²) in [6, 6.07) is 8.18. The molecule has 10 heteroatoms. The highest BCUT2D eigenvalue weighted by atomic mass is 19.3. The van der Waals surface area contributed by atoms with Gasteiger partial charge in [-0.05, 0) is 30.2 Å². The molecular formula is C21H20F3N5O2. The lowest BCUT2D eigenvalue weighted by molar-refractivity contribution is -0.143. The van der Waals surface area contributed by atoms with Crippen molar-refractivity contribution < 1.29 is 22.8 Å². The van der Waals surface area contributed by atoms with Crippen LogP contribution in [0.3, 0.4) is 0 Å². The number of hydrogen-bond acceptors (Lipinski definition) is 5. The molecule has 1 fully saturated rings. The van der Waals surface area contributed by atoms with Crippen LogP contribution in [0, 0.1) is 17.1 Å². The fourth-order valence-corrected chi connectivity index (χ4v) is 3.22. The molecule has 2 aromatic rings. The van der Waals surface area contributed by atoms with E-state index in [1.807, 2.05) is 6.07 Å². The van der Waals surface area contributed by atoms with Gasteiger partial charge in [0, 0.05) is 19.2 Å². The highest BCUT2D eigenvalue weighted by Crippen LogP contribution is 2.30. The Kier molecular flexibility index (Phi) is 6.74. The lowest BCUT2D eigenvalue weighted by atomic mass is 10.00. The van der Waals surface area contributed by atoms with E-state index >= 15 is 0 Å². The van der Waals surface area contributed by atoms with Crippen molar-refractivity contribution in [2.24, 2.45) is 0 Å². The number of hydrogen-bond donors (Lipinski definition) is 2. The predicted octanol–water partition coefficient (Wildman–Crippen LogP) is 2.71. The van der Waals surface area contributed by atoms with Crippen LogP contribution in [0.4, 0.5) is 18.9 Å². The van der Waals surface area contributed by atoms with Crippen LogP contribution < -0.4 is 10.6 Å². The molecular weight excluding hydrogens is 411 g/mol. The highest BCUT2D eigenvalue weighted by Gasteiger charge is 2.42. The van der Waals surface area contributed by atoms with E-state index < -0.39 is 43.3 Å². The van der Waals surface area contributed by atoms with Gasteiger partial charge < -0.3 is 15.5 Å². The number of nitrogens with zero attached hydrogens (tertiary/aromatic N) is 3. The van der Waals surface area contributed by atoms with Crippen molar-refractivity contribution in [3.8, 4) is 6.07 Å². The second kappa shape index (κ2) is 9.47. The van der Waals surface area contributed by atoms with Crippen molar-refractivity contribution in [3.05, 3.63) is 59.7 Å². The van der Waals surface area contributed by atoms with Crippen molar-refractivity contribution in [2.45, 2.75) is 31.4 Å². The second-order valence-electron chi connectivity index (χ2n) is 7.15. The number of anilines is 1.